The van der Waals surface area contributed by atoms with E-state index in [1.807, 2.05) is 20.8 Å². The highest BCUT2D eigenvalue weighted by molar-refractivity contribution is 6.40. The molecule has 0 unspecified atom stereocenters. The number of aromatic nitrogens is 2. The second kappa shape index (κ2) is 6.23. The lowest BCUT2D eigenvalue weighted by atomic mass is 10.4. The first-order chi connectivity index (χ1) is 7.97. The minimum Gasteiger partial charge on any atom is -0.361 e. The van der Waals surface area contributed by atoms with E-state index in [1.54, 1.807) is 0 Å². The molecule has 96 valence electrons. The highest BCUT2D eigenvalue weighted by atomic mass is 35.5. The van der Waals surface area contributed by atoms with Crippen molar-refractivity contribution in [3.63, 3.8) is 0 Å². The monoisotopic (exact) mass is 279 g/mol. The molecule has 0 aliphatic carbocycles. The number of amides is 1. The zero-order valence-electron chi connectivity index (χ0n) is 9.96. The van der Waals surface area contributed by atoms with Gasteiger partial charge in [0.1, 0.15) is 11.9 Å². The molecule has 1 amide bonds. The van der Waals surface area contributed by atoms with E-state index in [-0.39, 0.29) is 34.8 Å². The van der Waals surface area contributed by atoms with Crippen molar-refractivity contribution in [2.45, 2.75) is 33.5 Å². The van der Waals surface area contributed by atoms with Crippen LogP contribution in [0.4, 0.5) is 0 Å². The highest BCUT2D eigenvalue weighted by Gasteiger charge is 2.20. The Bertz CT molecular complexity index is 405. The third-order valence-electron chi connectivity index (χ3n) is 1.91. The van der Waals surface area contributed by atoms with Gasteiger partial charge >= 0.3 is 0 Å². The van der Waals surface area contributed by atoms with Crippen LogP contribution in [0.5, 0.6) is 0 Å². The zero-order valence-corrected chi connectivity index (χ0v) is 11.5. The van der Waals surface area contributed by atoms with Crippen LogP contribution in [-0.4, -0.2) is 28.1 Å². The molecule has 5 nitrogen and oxygen atoms in total. The Morgan fingerprint density at radius 3 is 2.71 bits per heavy atom. The summed E-state index contributed by atoms with van der Waals surface area (Å²) in [7, 11) is 0. The molecule has 1 N–H and O–H groups in total. The predicted octanol–water partition coefficient (Wildman–Crippen LogP) is 2.32. The maximum Gasteiger partial charge on any atom is 0.287 e. The fourth-order valence-corrected chi connectivity index (χ4v) is 1.56. The molecule has 0 aromatic carbocycles. The average Bonchev–Trinajstić information content (AvgIpc) is 2.52. The van der Waals surface area contributed by atoms with Gasteiger partial charge in [-0.25, -0.2) is 4.98 Å². The standard InChI is InChI=1S/C10H15Cl2N3O2/c1-4-17-5-15-8(12)7(11)14-9(15)10(16)13-6(2)3/h6H,4-5H2,1-3H3,(H,13,16). The number of hydrogen-bond acceptors (Lipinski definition) is 3. The molecule has 0 spiro atoms. The Balaban J connectivity index is 2.97. The topological polar surface area (TPSA) is 56.1 Å². The van der Waals surface area contributed by atoms with Gasteiger partial charge in [0.2, 0.25) is 5.82 Å². The summed E-state index contributed by atoms with van der Waals surface area (Å²) in [5.41, 5.74) is 0. The van der Waals surface area contributed by atoms with Crippen molar-refractivity contribution in [2.75, 3.05) is 6.61 Å². The Morgan fingerprint density at radius 2 is 2.18 bits per heavy atom. The van der Waals surface area contributed by atoms with Crippen molar-refractivity contribution < 1.29 is 9.53 Å². The van der Waals surface area contributed by atoms with Crippen LogP contribution in [-0.2, 0) is 11.5 Å². The molecule has 1 aromatic rings. The van der Waals surface area contributed by atoms with Gasteiger partial charge in [0.05, 0.1) is 0 Å². The van der Waals surface area contributed by atoms with E-state index in [0.717, 1.165) is 0 Å². The van der Waals surface area contributed by atoms with E-state index in [4.69, 9.17) is 27.9 Å². The van der Waals surface area contributed by atoms with Crippen LogP contribution in [0.3, 0.4) is 0 Å². The van der Waals surface area contributed by atoms with E-state index in [2.05, 4.69) is 10.3 Å². The van der Waals surface area contributed by atoms with Gasteiger partial charge in [-0.3, -0.25) is 9.36 Å². The number of carbonyl (C=O) groups is 1. The first kappa shape index (κ1) is 14.3. The molecule has 1 rings (SSSR count). The minimum absolute atomic E-state index is 0.0114. The van der Waals surface area contributed by atoms with Gasteiger partial charge in [-0.15, -0.1) is 0 Å². The molecule has 0 atom stereocenters. The lowest BCUT2D eigenvalue weighted by Crippen LogP contribution is -2.32. The molecule has 0 fully saturated rings. The lowest BCUT2D eigenvalue weighted by molar-refractivity contribution is 0.0784. The molecule has 17 heavy (non-hydrogen) atoms. The molecule has 0 saturated heterocycles. The van der Waals surface area contributed by atoms with Gasteiger partial charge in [-0.1, -0.05) is 23.2 Å². The van der Waals surface area contributed by atoms with Crippen molar-refractivity contribution in [3.8, 4) is 0 Å². The smallest absolute Gasteiger partial charge is 0.287 e. The lowest BCUT2D eigenvalue weighted by Gasteiger charge is -2.10. The number of rotatable bonds is 5. The van der Waals surface area contributed by atoms with Crippen LogP contribution in [0.25, 0.3) is 0 Å². The van der Waals surface area contributed by atoms with Crippen LogP contribution < -0.4 is 5.32 Å². The Labute approximate surface area is 110 Å². The van der Waals surface area contributed by atoms with Gasteiger partial charge in [-0.2, -0.15) is 0 Å². The van der Waals surface area contributed by atoms with Crippen molar-refractivity contribution in [1.29, 1.82) is 0 Å². The minimum atomic E-state index is -0.325. The number of nitrogens with zero attached hydrogens (tertiary/aromatic N) is 2. The summed E-state index contributed by atoms with van der Waals surface area (Å²) in [4.78, 5) is 15.8. The fourth-order valence-electron chi connectivity index (χ4n) is 1.20. The largest absolute Gasteiger partial charge is 0.361 e. The summed E-state index contributed by atoms with van der Waals surface area (Å²) in [6.07, 6.45) is 0. The molecule has 0 radical (unpaired) electrons. The number of ether oxygens (including phenoxy) is 1. The van der Waals surface area contributed by atoms with E-state index < -0.39 is 0 Å². The quantitative estimate of drug-likeness (QED) is 0.900. The van der Waals surface area contributed by atoms with Crippen LogP contribution >= 0.6 is 23.2 Å². The molecule has 7 heteroatoms. The molecule has 1 aromatic heterocycles. The molecule has 0 bridgehead atoms. The van der Waals surface area contributed by atoms with Crippen LogP contribution in [0.15, 0.2) is 0 Å². The normalized spacial score (nSPS) is 10.9. The zero-order chi connectivity index (χ0) is 13.0. The molecule has 0 aliphatic rings. The summed E-state index contributed by atoms with van der Waals surface area (Å²) in [5, 5.41) is 3.02. The van der Waals surface area contributed by atoms with E-state index in [9.17, 15) is 4.79 Å². The first-order valence-corrected chi connectivity index (χ1v) is 6.03. The Kier molecular flexibility index (Phi) is 5.24. The van der Waals surface area contributed by atoms with Gasteiger partial charge in [0.15, 0.2) is 5.15 Å². The number of carbonyl (C=O) groups excluding carboxylic acids is 1. The number of halogens is 2. The van der Waals surface area contributed by atoms with E-state index >= 15 is 0 Å². The van der Waals surface area contributed by atoms with E-state index in [1.165, 1.54) is 4.57 Å². The number of imidazole rings is 1. The van der Waals surface area contributed by atoms with Gasteiger partial charge in [-0.05, 0) is 20.8 Å². The van der Waals surface area contributed by atoms with Crippen molar-refractivity contribution in [2.24, 2.45) is 0 Å². The first-order valence-electron chi connectivity index (χ1n) is 5.27. The third-order valence-corrected chi connectivity index (χ3v) is 2.66. The molecule has 0 saturated carbocycles. The van der Waals surface area contributed by atoms with Crippen molar-refractivity contribution in [3.05, 3.63) is 16.1 Å². The second-order valence-electron chi connectivity index (χ2n) is 3.70. The van der Waals surface area contributed by atoms with Gasteiger partial charge < -0.3 is 10.1 Å². The maximum atomic E-state index is 11.8. The van der Waals surface area contributed by atoms with Gasteiger partial charge in [0.25, 0.3) is 5.91 Å². The van der Waals surface area contributed by atoms with Crippen molar-refractivity contribution in [1.82, 2.24) is 14.9 Å². The van der Waals surface area contributed by atoms with Crippen molar-refractivity contribution >= 4 is 29.1 Å². The second-order valence-corrected chi connectivity index (χ2v) is 4.41. The summed E-state index contributed by atoms with van der Waals surface area (Å²) in [6, 6.07) is 0.0114. The SMILES string of the molecule is CCOCn1c(C(=O)NC(C)C)nc(Cl)c1Cl. The molecule has 1 heterocycles. The summed E-state index contributed by atoms with van der Waals surface area (Å²) >= 11 is 11.7. The molecule has 0 aliphatic heterocycles. The van der Waals surface area contributed by atoms with Crippen LogP contribution in [0.2, 0.25) is 10.3 Å². The molecular formula is C10H15Cl2N3O2. The summed E-state index contributed by atoms with van der Waals surface area (Å²) in [6.45, 7) is 6.22. The van der Waals surface area contributed by atoms with Crippen LogP contribution in [0.1, 0.15) is 31.4 Å². The number of hydrogen-bond donors (Lipinski definition) is 1. The maximum absolute atomic E-state index is 11.8. The van der Waals surface area contributed by atoms with E-state index in [0.29, 0.717) is 6.61 Å². The third kappa shape index (κ3) is 3.59. The summed E-state index contributed by atoms with van der Waals surface area (Å²) in [5.74, 6) is -0.171. The Hall–Kier alpha value is -0.780. The van der Waals surface area contributed by atoms with Crippen LogP contribution in [0, 0.1) is 0 Å². The fraction of sp³-hybridized carbons (Fsp3) is 0.600. The average molecular weight is 280 g/mol. The Morgan fingerprint density at radius 1 is 1.53 bits per heavy atom. The predicted molar refractivity (Wildman–Crippen MR) is 66.5 cm³/mol. The molecular weight excluding hydrogens is 265 g/mol. The number of nitrogens with one attached hydrogen (secondary N) is 1. The van der Waals surface area contributed by atoms with Gasteiger partial charge in [0, 0.05) is 12.6 Å². The highest BCUT2D eigenvalue weighted by Crippen LogP contribution is 2.22. The summed E-state index contributed by atoms with van der Waals surface area (Å²) < 4.78 is 6.65.